The molecule has 1 aromatic heterocycles. The van der Waals surface area contributed by atoms with Gasteiger partial charge in [0.2, 0.25) is 0 Å². The van der Waals surface area contributed by atoms with Gasteiger partial charge in [-0.25, -0.2) is 0 Å². The molecule has 0 amide bonds. The summed E-state index contributed by atoms with van der Waals surface area (Å²) < 4.78 is 8.49. The minimum Gasteiger partial charge on any atom is -0.496 e. The quantitative estimate of drug-likeness (QED) is 0.865. The van der Waals surface area contributed by atoms with E-state index in [1.165, 1.54) is 11.3 Å². The van der Waals surface area contributed by atoms with Gasteiger partial charge >= 0.3 is 0 Å². The summed E-state index contributed by atoms with van der Waals surface area (Å²) in [6, 6.07) is 6.50. The Kier molecular flexibility index (Phi) is 5.42. The van der Waals surface area contributed by atoms with E-state index in [0.29, 0.717) is 12.6 Å². The lowest BCUT2D eigenvalue weighted by atomic mass is 10.2. The van der Waals surface area contributed by atoms with Crippen LogP contribution in [0, 0.1) is 6.92 Å². The summed E-state index contributed by atoms with van der Waals surface area (Å²) in [4.78, 5) is 0. The summed E-state index contributed by atoms with van der Waals surface area (Å²) in [6.07, 6.45) is 1.94. The molecule has 0 spiro atoms. The Morgan fingerprint density at radius 2 is 2.10 bits per heavy atom. The van der Waals surface area contributed by atoms with E-state index in [0.717, 1.165) is 22.3 Å². The van der Waals surface area contributed by atoms with E-state index in [-0.39, 0.29) is 0 Å². The second-order valence-electron chi connectivity index (χ2n) is 5.40. The molecular formula is C16H22BrN3O. The van der Waals surface area contributed by atoms with Crippen LogP contribution in [-0.2, 0) is 13.1 Å². The van der Waals surface area contributed by atoms with E-state index < -0.39 is 0 Å². The molecule has 0 radical (unpaired) electrons. The lowest BCUT2D eigenvalue weighted by Crippen LogP contribution is -2.22. The number of ether oxygens (including phenoxy) is 1. The molecule has 1 N–H and O–H groups in total. The SMILES string of the molecule is COc1ccc(Br)cc1Cn1ncc(CNC(C)C)c1C. The average molecular weight is 352 g/mol. The molecule has 0 bridgehead atoms. The number of nitrogens with one attached hydrogen (secondary N) is 1. The van der Waals surface area contributed by atoms with Gasteiger partial charge in [0, 0.05) is 33.9 Å². The van der Waals surface area contributed by atoms with E-state index in [1.54, 1.807) is 7.11 Å². The Labute approximate surface area is 134 Å². The number of benzene rings is 1. The van der Waals surface area contributed by atoms with Crippen molar-refractivity contribution in [1.29, 1.82) is 0 Å². The lowest BCUT2D eigenvalue weighted by Gasteiger charge is -2.11. The van der Waals surface area contributed by atoms with Crippen molar-refractivity contribution in [3.63, 3.8) is 0 Å². The molecule has 114 valence electrons. The van der Waals surface area contributed by atoms with Gasteiger partial charge in [0.1, 0.15) is 5.75 Å². The van der Waals surface area contributed by atoms with E-state index in [2.05, 4.69) is 53.2 Å². The van der Waals surface area contributed by atoms with Gasteiger partial charge < -0.3 is 10.1 Å². The fourth-order valence-corrected chi connectivity index (χ4v) is 2.57. The first-order valence-electron chi connectivity index (χ1n) is 7.08. The van der Waals surface area contributed by atoms with Gasteiger partial charge in [0.05, 0.1) is 19.9 Å². The molecule has 1 aromatic carbocycles. The van der Waals surface area contributed by atoms with Gasteiger partial charge in [-0.1, -0.05) is 29.8 Å². The summed E-state index contributed by atoms with van der Waals surface area (Å²) >= 11 is 3.51. The van der Waals surface area contributed by atoms with Crippen LogP contribution >= 0.6 is 15.9 Å². The van der Waals surface area contributed by atoms with Crippen molar-refractivity contribution in [3.05, 3.63) is 45.7 Å². The minimum atomic E-state index is 0.470. The molecule has 0 aliphatic rings. The van der Waals surface area contributed by atoms with Gasteiger partial charge in [-0.15, -0.1) is 0 Å². The highest BCUT2D eigenvalue weighted by atomic mass is 79.9. The Hall–Kier alpha value is -1.33. The van der Waals surface area contributed by atoms with E-state index in [4.69, 9.17) is 4.74 Å². The number of halogens is 1. The van der Waals surface area contributed by atoms with Crippen LogP contribution in [0.25, 0.3) is 0 Å². The first-order valence-corrected chi connectivity index (χ1v) is 7.87. The largest absolute Gasteiger partial charge is 0.496 e. The predicted octanol–water partition coefficient (Wildman–Crippen LogP) is 3.51. The van der Waals surface area contributed by atoms with Crippen molar-refractivity contribution in [1.82, 2.24) is 15.1 Å². The Morgan fingerprint density at radius 1 is 1.33 bits per heavy atom. The van der Waals surface area contributed by atoms with Crippen LogP contribution in [0.15, 0.2) is 28.9 Å². The molecule has 0 saturated carbocycles. The number of rotatable bonds is 6. The van der Waals surface area contributed by atoms with Crippen LogP contribution in [-0.4, -0.2) is 22.9 Å². The molecule has 0 fully saturated rings. The molecule has 0 saturated heterocycles. The van der Waals surface area contributed by atoms with Gasteiger partial charge in [0.15, 0.2) is 0 Å². The van der Waals surface area contributed by atoms with Gasteiger partial charge in [0.25, 0.3) is 0 Å². The summed E-state index contributed by atoms with van der Waals surface area (Å²) in [5.41, 5.74) is 3.53. The van der Waals surface area contributed by atoms with Crippen LogP contribution in [0.4, 0.5) is 0 Å². The number of nitrogens with zero attached hydrogens (tertiary/aromatic N) is 2. The molecule has 1 heterocycles. The topological polar surface area (TPSA) is 39.1 Å². The maximum Gasteiger partial charge on any atom is 0.124 e. The molecule has 0 aliphatic heterocycles. The maximum atomic E-state index is 5.42. The zero-order chi connectivity index (χ0) is 15.4. The van der Waals surface area contributed by atoms with Gasteiger partial charge in [-0.2, -0.15) is 5.10 Å². The molecule has 21 heavy (non-hydrogen) atoms. The number of aromatic nitrogens is 2. The minimum absolute atomic E-state index is 0.470. The molecule has 5 heteroatoms. The van der Waals surface area contributed by atoms with E-state index >= 15 is 0 Å². The normalized spacial score (nSPS) is 11.1. The highest BCUT2D eigenvalue weighted by Crippen LogP contribution is 2.24. The zero-order valence-corrected chi connectivity index (χ0v) is 14.6. The third-order valence-corrected chi connectivity index (χ3v) is 3.96. The summed E-state index contributed by atoms with van der Waals surface area (Å²) in [6.45, 7) is 7.95. The van der Waals surface area contributed by atoms with Crippen molar-refractivity contribution in [2.45, 2.75) is 39.9 Å². The number of hydrogen-bond acceptors (Lipinski definition) is 3. The summed E-state index contributed by atoms with van der Waals surface area (Å²) in [5, 5.41) is 7.93. The monoisotopic (exact) mass is 351 g/mol. The van der Waals surface area contributed by atoms with E-state index in [1.807, 2.05) is 23.0 Å². The van der Waals surface area contributed by atoms with Gasteiger partial charge in [-0.3, -0.25) is 4.68 Å². The van der Waals surface area contributed by atoms with E-state index in [9.17, 15) is 0 Å². The summed E-state index contributed by atoms with van der Waals surface area (Å²) in [7, 11) is 1.70. The van der Waals surface area contributed by atoms with Crippen molar-refractivity contribution in [2.75, 3.05) is 7.11 Å². The standard InChI is InChI=1S/C16H22BrN3O/c1-11(2)18-8-14-9-19-20(12(14)3)10-13-7-15(17)5-6-16(13)21-4/h5-7,9,11,18H,8,10H2,1-4H3. The smallest absolute Gasteiger partial charge is 0.124 e. The predicted molar refractivity (Wildman–Crippen MR) is 88.7 cm³/mol. The summed E-state index contributed by atoms with van der Waals surface area (Å²) in [5.74, 6) is 0.884. The third-order valence-electron chi connectivity index (χ3n) is 3.47. The number of methoxy groups -OCH3 is 1. The van der Waals surface area contributed by atoms with Crippen molar-refractivity contribution in [2.24, 2.45) is 0 Å². The van der Waals surface area contributed by atoms with Crippen LogP contribution in [0.3, 0.4) is 0 Å². The van der Waals surface area contributed by atoms with Crippen molar-refractivity contribution >= 4 is 15.9 Å². The highest BCUT2D eigenvalue weighted by molar-refractivity contribution is 9.10. The molecule has 4 nitrogen and oxygen atoms in total. The second kappa shape index (κ2) is 7.09. The fourth-order valence-electron chi connectivity index (χ4n) is 2.16. The second-order valence-corrected chi connectivity index (χ2v) is 6.32. The van der Waals surface area contributed by atoms with Crippen LogP contribution in [0.2, 0.25) is 0 Å². The van der Waals surface area contributed by atoms with Crippen LogP contribution in [0.5, 0.6) is 5.75 Å². The maximum absolute atomic E-state index is 5.42. The Balaban J connectivity index is 2.19. The Morgan fingerprint density at radius 3 is 2.76 bits per heavy atom. The molecule has 0 unspecified atom stereocenters. The van der Waals surface area contributed by atoms with Gasteiger partial charge in [-0.05, 0) is 25.1 Å². The highest BCUT2D eigenvalue weighted by Gasteiger charge is 2.10. The van der Waals surface area contributed by atoms with Crippen molar-refractivity contribution in [3.8, 4) is 5.75 Å². The van der Waals surface area contributed by atoms with Crippen LogP contribution in [0.1, 0.15) is 30.7 Å². The third kappa shape index (κ3) is 4.08. The molecule has 2 aromatic rings. The first-order chi connectivity index (χ1) is 10.0. The fraction of sp³-hybridized carbons (Fsp3) is 0.438. The number of hydrogen-bond donors (Lipinski definition) is 1. The average Bonchev–Trinajstić information content (AvgIpc) is 2.78. The zero-order valence-electron chi connectivity index (χ0n) is 13.0. The van der Waals surface area contributed by atoms with Crippen molar-refractivity contribution < 1.29 is 4.74 Å². The lowest BCUT2D eigenvalue weighted by molar-refractivity contribution is 0.407. The molecule has 0 atom stereocenters. The molecule has 2 rings (SSSR count). The van der Waals surface area contributed by atoms with Crippen LogP contribution < -0.4 is 10.1 Å². The Bertz CT molecular complexity index is 608. The molecular weight excluding hydrogens is 330 g/mol. The first kappa shape index (κ1) is 16.0. The molecule has 0 aliphatic carbocycles.